The van der Waals surface area contributed by atoms with E-state index in [2.05, 4.69) is 5.32 Å². The number of alkyl halides is 3. The minimum absolute atomic E-state index is 0.0773. The molecule has 0 bridgehead atoms. The van der Waals surface area contributed by atoms with Crippen LogP contribution in [-0.4, -0.2) is 19.1 Å². The molecular formula is C19H21F3N2O2. The predicted molar refractivity (Wildman–Crippen MR) is 92.5 cm³/mol. The Hall–Kier alpha value is -2.54. The van der Waals surface area contributed by atoms with E-state index in [4.69, 9.17) is 10.5 Å². The molecule has 0 aromatic heterocycles. The van der Waals surface area contributed by atoms with Crippen molar-refractivity contribution in [2.24, 2.45) is 11.7 Å². The molecule has 2 rings (SSSR count). The van der Waals surface area contributed by atoms with E-state index in [-0.39, 0.29) is 24.8 Å². The number of nitrogens with one attached hydrogen (secondary N) is 1. The summed E-state index contributed by atoms with van der Waals surface area (Å²) in [4.78, 5) is 12.2. The van der Waals surface area contributed by atoms with Gasteiger partial charge < -0.3 is 15.8 Å². The van der Waals surface area contributed by atoms with E-state index < -0.39 is 23.7 Å². The molecule has 0 saturated heterocycles. The summed E-state index contributed by atoms with van der Waals surface area (Å²) in [5.74, 6) is -1.03. The molecule has 26 heavy (non-hydrogen) atoms. The van der Waals surface area contributed by atoms with Gasteiger partial charge in [-0.15, -0.1) is 0 Å². The summed E-state index contributed by atoms with van der Waals surface area (Å²) >= 11 is 0. The van der Waals surface area contributed by atoms with E-state index in [1.54, 1.807) is 6.92 Å². The summed E-state index contributed by atoms with van der Waals surface area (Å²) in [5.41, 5.74) is 6.08. The number of ether oxygens (including phenoxy) is 1. The van der Waals surface area contributed by atoms with Gasteiger partial charge in [0.15, 0.2) is 0 Å². The molecule has 1 amide bonds. The van der Waals surface area contributed by atoms with Gasteiger partial charge in [0.05, 0.1) is 18.0 Å². The Bertz CT molecular complexity index is 720. The number of hydrogen-bond donors (Lipinski definition) is 2. The minimum Gasteiger partial charge on any atom is -0.491 e. The first-order valence-electron chi connectivity index (χ1n) is 8.18. The smallest absolute Gasteiger partial charge is 0.419 e. The largest absolute Gasteiger partial charge is 0.491 e. The van der Waals surface area contributed by atoms with Crippen molar-refractivity contribution >= 4 is 5.91 Å². The van der Waals surface area contributed by atoms with Crippen LogP contribution < -0.4 is 15.8 Å². The number of hydrogen-bond acceptors (Lipinski definition) is 3. The molecule has 0 fully saturated rings. The first-order chi connectivity index (χ1) is 12.3. The molecule has 0 aliphatic heterocycles. The fourth-order valence-electron chi connectivity index (χ4n) is 2.45. The second-order valence-corrected chi connectivity index (χ2v) is 5.86. The highest BCUT2D eigenvalue weighted by Crippen LogP contribution is 2.35. The third kappa shape index (κ3) is 5.23. The number of nitrogens with two attached hydrogens (primary N) is 1. The van der Waals surface area contributed by atoms with Crippen molar-refractivity contribution in [2.75, 3.05) is 13.2 Å². The fourth-order valence-corrected chi connectivity index (χ4v) is 2.45. The lowest BCUT2D eigenvalue weighted by molar-refractivity contribution is -0.139. The Labute approximate surface area is 150 Å². The van der Waals surface area contributed by atoms with Crippen molar-refractivity contribution in [3.63, 3.8) is 0 Å². The fraction of sp³-hybridized carbons (Fsp3) is 0.316. The van der Waals surface area contributed by atoms with Gasteiger partial charge in [-0.05, 0) is 17.7 Å². The summed E-state index contributed by atoms with van der Waals surface area (Å²) in [6.45, 7) is 1.70. The Kier molecular flexibility index (Phi) is 6.63. The number of amides is 1. The van der Waals surface area contributed by atoms with Gasteiger partial charge in [-0.3, -0.25) is 4.79 Å². The molecule has 2 atom stereocenters. The first-order valence-corrected chi connectivity index (χ1v) is 8.18. The third-order valence-corrected chi connectivity index (χ3v) is 3.99. The van der Waals surface area contributed by atoms with E-state index in [1.807, 2.05) is 30.3 Å². The van der Waals surface area contributed by atoms with E-state index in [0.717, 1.165) is 11.6 Å². The van der Waals surface area contributed by atoms with Crippen molar-refractivity contribution in [3.8, 4) is 5.75 Å². The molecule has 0 spiro atoms. The maximum atomic E-state index is 12.9. The summed E-state index contributed by atoms with van der Waals surface area (Å²) in [6.07, 6.45) is -4.49. The summed E-state index contributed by atoms with van der Waals surface area (Å²) < 4.78 is 43.8. The maximum Gasteiger partial charge on any atom is 0.419 e. The van der Waals surface area contributed by atoms with Gasteiger partial charge in [-0.25, -0.2) is 0 Å². The van der Waals surface area contributed by atoms with Crippen LogP contribution in [0.3, 0.4) is 0 Å². The highest BCUT2D eigenvalue weighted by Gasteiger charge is 2.34. The zero-order valence-electron chi connectivity index (χ0n) is 14.3. The number of benzene rings is 2. The predicted octanol–water partition coefficient (Wildman–Crippen LogP) is 3.54. The van der Waals surface area contributed by atoms with E-state index in [9.17, 15) is 18.0 Å². The van der Waals surface area contributed by atoms with Crippen LogP contribution in [0.25, 0.3) is 0 Å². The average Bonchev–Trinajstić information content (AvgIpc) is 2.64. The standard InChI is InChI=1S/C19H21F3N2O2/c1-13(17(23)14-7-3-2-4-8-14)18(25)24-11-12-26-16-10-6-5-9-15(16)19(20,21)22/h2-10,13,17H,11-12,23H2,1H3,(H,24,25). The van der Waals surface area contributed by atoms with Crippen molar-refractivity contribution in [1.29, 1.82) is 0 Å². The number of halogens is 3. The van der Waals surface area contributed by atoms with Crippen LogP contribution in [-0.2, 0) is 11.0 Å². The molecule has 2 unspecified atom stereocenters. The molecule has 0 aliphatic carbocycles. The Morgan fingerprint density at radius 3 is 2.38 bits per heavy atom. The lowest BCUT2D eigenvalue weighted by Gasteiger charge is -2.20. The molecule has 0 radical (unpaired) electrons. The Balaban J connectivity index is 1.84. The molecule has 2 aromatic rings. The van der Waals surface area contributed by atoms with Crippen LogP contribution in [0.15, 0.2) is 54.6 Å². The van der Waals surface area contributed by atoms with Gasteiger partial charge in [-0.2, -0.15) is 13.2 Å². The van der Waals surface area contributed by atoms with E-state index >= 15 is 0 Å². The van der Waals surface area contributed by atoms with Crippen LogP contribution >= 0.6 is 0 Å². The molecule has 140 valence electrons. The van der Waals surface area contributed by atoms with Gasteiger partial charge in [0.25, 0.3) is 0 Å². The van der Waals surface area contributed by atoms with Crippen LogP contribution in [0.2, 0.25) is 0 Å². The summed E-state index contributed by atoms with van der Waals surface area (Å²) in [7, 11) is 0. The second-order valence-electron chi connectivity index (χ2n) is 5.86. The minimum atomic E-state index is -4.49. The molecule has 7 heteroatoms. The molecule has 4 nitrogen and oxygen atoms in total. The van der Waals surface area contributed by atoms with E-state index in [0.29, 0.717) is 0 Å². The second kappa shape index (κ2) is 8.71. The lowest BCUT2D eigenvalue weighted by Crippen LogP contribution is -2.37. The van der Waals surface area contributed by atoms with Gasteiger partial charge in [-0.1, -0.05) is 49.4 Å². The van der Waals surface area contributed by atoms with Gasteiger partial charge in [0.2, 0.25) is 5.91 Å². The number of carbonyl (C=O) groups excluding carboxylic acids is 1. The average molecular weight is 366 g/mol. The van der Waals surface area contributed by atoms with Crippen molar-refractivity contribution in [2.45, 2.75) is 19.1 Å². The molecule has 0 saturated carbocycles. The molecule has 2 aromatic carbocycles. The molecule has 3 N–H and O–H groups in total. The molecule has 0 heterocycles. The maximum absolute atomic E-state index is 12.9. The van der Waals surface area contributed by atoms with Crippen LogP contribution in [0.5, 0.6) is 5.75 Å². The molecule has 0 aliphatic rings. The highest BCUT2D eigenvalue weighted by molar-refractivity contribution is 5.79. The zero-order chi connectivity index (χ0) is 19.2. The number of carbonyl (C=O) groups is 1. The quantitative estimate of drug-likeness (QED) is 0.737. The summed E-state index contributed by atoms with van der Waals surface area (Å²) in [6, 6.07) is 13.7. The van der Waals surface area contributed by atoms with Crippen LogP contribution in [0.4, 0.5) is 13.2 Å². The van der Waals surface area contributed by atoms with Crippen LogP contribution in [0.1, 0.15) is 24.1 Å². The Morgan fingerprint density at radius 1 is 1.12 bits per heavy atom. The van der Waals surface area contributed by atoms with Gasteiger partial charge in [0.1, 0.15) is 12.4 Å². The topological polar surface area (TPSA) is 64.3 Å². The SMILES string of the molecule is CC(C(=O)NCCOc1ccccc1C(F)(F)F)C(N)c1ccccc1. The number of para-hydroxylation sites is 1. The van der Waals surface area contributed by atoms with Gasteiger partial charge in [0, 0.05) is 6.04 Å². The zero-order valence-corrected chi connectivity index (χ0v) is 14.3. The van der Waals surface area contributed by atoms with Crippen LogP contribution in [0, 0.1) is 5.92 Å². The normalized spacial score (nSPS) is 13.7. The summed E-state index contributed by atoms with van der Waals surface area (Å²) in [5, 5.41) is 2.64. The Morgan fingerprint density at radius 2 is 1.73 bits per heavy atom. The van der Waals surface area contributed by atoms with E-state index in [1.165, 1.54) is 18.2 Å². The first kappa shape index (κ1) is 19.8. The number of rotatable bonds is 7. The van der Waals surface area contributed by atoms with Crippen molar-refractivity contribution in [1.82, 2.24) is 5.32 Å². The third-order valence-electron chi connectivity index (χ3n) is 3.99. The van der Waals surface area contributed by atoms with Crippen molar-refractivity contribution in [3.05, 3.63) is 65.7 Å². The lowest BCUT2D eigenvalue weighted by atomic mass is 9.95. The van der Waals surface area contributed by atoms with Crippen molar-refractivity contribution < 1.29 is 22.7 Å². The monoisotopic (exact) mass is 366 g/mol. The highest BCUT2D eigenvalue weighted by atomic mass is 19.4. The molecular weight excluding hydrogens is 345 g/mol. The van der Waals surface area contributed by atoms with Gasteiger partial charge >= 0.3 is 6.18 Å².